The van der Waals surface area contributed by atoms with Crippen molar-refractivity contribution < 1.29 is 28.6 Å². The fourth-order valence-corrected chi connectivity index (χ4v) is 7.82. The summed E-state index contributed by atoms with van der Waals surface area (Å²) < 4.78 is 19.7. The van der Waals surface area contributed by atoms with Crippen LogP contribution in [0.2, 0.25) is 10.0 Å². The lowest BCUT2D eigenvalue weighted by Crippen LogP contribution is -2.64. The minimum Gasteiger partial charge on any atom is -0.457 e. The number of ether oxygens (including phenoxy) is 3. The Hall–Kier alpha value is -4.62. The molecular weight excluding hydrogens is 803 g/mol. The Bertz CT molecular complexity index is 2080. The SMILES string of the molecule is COC[C@H](NC(=O)[C@H](C)CCc1ccc(Cl)cc1Oc1ccc(-c2cnc(CN(C)C)n2C)cc1)C(=O)N(C)[C@@]1(Cc2ccc(Cl)cc2)CCCN(C(=O)OC(C)(C)C)C1. The van der Waals surface area contributed by atoms with Crippen LogP contribution in [0.15, 0.2) is 72.9 Å². The molecule has 0 bridgehead atoms. The minimum absolute atomic E-state index is 0.0275. The van der Waals surface area contributed by atoms with E-state index in [0.717, 1.165) is 34.8 Å². The molecule has 14 heteroatoms. The highest BCUT2D eigenvalue weighted by atomic mass is 35.5. The maximum atomic E-state index is 14.5. The van der Waals surface area contributed by atoms with Gasteiger partial charge in [-0.2, -0.15) is 0 Å². The molecule has 3 amide bonds. The number of likely N-dealkylation sites (tertiary alicyclic amines) is 1. The zero-order chi connectivity index (χ0) is 43.8. The van der Waals surface area contributed by atoms with E-state index in [1.54, 1.807) is 22.9 Å². The topological polar surface area (TPSA) is 118 Å². The number of hydrogen-bond donors (Lipinski definition) is 1. The van der Waals surface area contributed by atoms with E-state index in [0.29, 0.717) is 60.2 Å². The van der Waals surface area contributed by atoms with Crippen molar-refractivity contribution in [3.8, 4) is 22.8 Å². The quantitative estimate of drug-likeness (QED) is 0.119. The maximum Gasteiger partial charge on any atom is 0.410 e. The van der Waals surface area contributed by atoms with Crippen LogP contribution < -0.4 is 10.1 Å². The Morgan fingerprint density at radius 2 is 1.67 bits per heavy atom. The summed E-state index contributed by atoms with van der Waals surface area (Å²) >= 11 is 12.6. The summed E-state index contributed by atoms with van der Waals surface area (Å²) in [5.74, 6) is 1.18. The number of amides is 3. The second kappa shape index (κ2) is 20.3. The average Bonchev–Trinajstić information content (AvgIpc) is 3.55. The molecule has 0 aliphatic carbocycles. The minimum atomic E-state index is -0.961. The standard InChI is InChI=1S/C46H60Cl2N6O6/c1-31(11-14-34-15-20-36(48)25-40(34)59-37-21-16-33(17-22-37)39-27-49-41(52(39)7)28-51(5)6)42(55)50-38(29-58-9)43(56)53(8)46(26-32-12-18-35(47)19-13-32)23-10-24-54(30-46)44(57)60-45(2,3)4/h12-13,15-22,25,27,31,38H,10-11,14,23-24,26,28-30H2,1-9H3,(H,50,55)/t31-,38+,46-/m1/s1. The lowest BCUT2D eigenvalue weighted by molar-refractivity contribution is -0.144. The molecule has 1 aliphatic heterocycles. The molecular formula is C46H60Cl2N6O6. The first kappa shape index (κ1) is 46.4. The molecule has 0 spiro atoms. The molecule has 2 heterocycles. The Labute approximate surface area is 365 Å². The molecule has 4 aromatic rings. The first-order valence-electron chi connectivity index (χ1n) is 20.4. The van der Waals surface area contributed by atoms with E-state index in [4.69, 9.17) is 37.4 Å². The number of imidazole rings is 1. The monoisotopic (exact) mass is 862 g/mol. The molecule has 0 unspecified atom stereocenters. The fourth-order valence-electron chi connectivity index (χ4n) is 7.54. The molecule has 1 aromatic heterocycles. The van der Waals surface area contributed by atoms with Crippen LogP contribution in [0.3, 0.4) is 0 Å². The Balaban J connectivity index is 1.27. The number of methoxy groups -OCH3 is 1. The molecule has 3 atom stereocenters. The summed E-state index contributed by atoms with van der Waals surface area (Å²) in [6, 6.07) is 19.9. The highest BCUT2D eigenvalue weighted by molar-refractivity contribution is 6.31. The molecule has 324 valence electrons. The smallest absolute Gasteiger partial charge is 0.410 e. The van der Waals surface area contributed by atoms with Crippen LogP contribution in [-0.4, -0.2) is 107 Å². The van der Waals surface area contributed by atoms with Gasteiger partial charge in [0, 0.05) is 55.8 Å². The second-order valence-corrected chi connectivity index (χ2v) is 18.0. The van der Waals surface area contributed by atoms with Crippen molar-refractivity contribution in [1.82, 2.24) is 29.6 Å². The highest BCUT2D eigenvalue weighted by Crippen LogP contribution is 2.34. The van der Waals surface area contributed by atoms with Crippen LogP contribution in [0, 0.1) is 5.92 Å². The van der Waals surface area contributed by atoms with Crippen molar-refractivity contribution in [2.24, 2.45) is 13.0 Å². The van der Waals surface area contributed by atoms with E-state index in [1.807, 2.05) is 116 Å². The first-order valence-corrected chi connectivity index (χ1v) is 21.1. The Kier molecular flexibility index (Phi) is 15.7. The lowest BCUT2D eigenvalue weighted by Gasteiger charge is -2.49. The number of nitrogens with zero attached hydrogens (tertiary/aromatic N) is 5. The summed E-state index contributed by atoms with van der Waals surface area (Å²) in [5, 5.41) is 4.12. The van der Waals surface area contributed by atoms with Crippen molar-refractivity contribution >= 4 is 41.1 Å². The molecule has 1 saturated heterocycles. The predicted octanol–water partition coefficient (Wildman–Crippen LogP) is 8.42. The third-order valence-corrected chi connectivity index (χ3v) is 11.4. The fraction of sp³-hybridized carbons (Fsp3) is 0.478. The molecule has 5 rings (SSSR count). The summed E-state index contributed by atoms with van der Waals surface area (Å²) in [7, 11) is 9.29. The van der Waals surface area contributed by atoms with Gasteiger partial charge in [-0.1, -0.05) is 48.3 Å². The number of likely N-dealkylation sites (N-methyl/N-ethyl adjacent to an activating group) is 1. The number of aromatic nitrogens is 2. The van der Waals surface area contributed by atoms with Gasteiger partial charge in [-0.3, -0.25) is 9.59 Å². The van der Waals surface area contributed by atoms with Gasteiger partial charge < -0.3 is 38.8 Å². The van der Waals surface area contributed by atoms with Crippen LogP contribution in [0.1, 0.15) is 63.9 Å². The van der Waals surface area contributed by atoms with Gasteiger partial charge in [0.05, 0.1) is 30.6 Å². The number of rotatable bonds is 16. The third-order valence-electron chi connectivity index (χ3n) is 10.9. The third kappa shape index (κ3) is 12.2. The summed E-state index contributed by atoms with van der Waals surface area (Å²) in [5.41, 5.74) is 2.42. The van der Waals surface area contributed by atoms with E-state index in [9.17, 15) is 14.4 Å². The van der Waals surface area contributed by atoms with Crippen molar-refractivity contribution in [3.05, 3.63) is 99.9 Å². The lowest BCUT2D eigenvalue weighted by atomic mass is 9.81. The van der Waals surface area contributed by atoms with Gasteiger partial charge in [0.2, 0.25) is 11.8 Å². The van der Waals surface area contributed by atoms with Gasteiger partial charge in [0.1, 0.15) is 29.0 Å². The maximum absolute atomic E-state index is 14.5. The van der Waals surface area contributed by atoms with E-state index in [2.05, 4.69) is 19.8 Å². The predicted molar refractivity (Wildman–Crippen MR) is 237 cm³/mol. The second-order valence-electron chi connectivity index (χ2n) is 17.1. The number of hydrogen-bond acceptors (Lipinski definition) is 8. The summed E-state index contributed by atoms with van der Waals surface area (Å²) in [4.78, 5) is 51.6. The van der Waals surface area contributed by atoms with Gasteiger partial charge >= 0.3 is 6.09 Å². The van der Waals surface area contributed by atoms with E-state index < -0.39 is 29.2 Å². The number of halogens is 2. The van der Waals surface area contributed by atoms with E-state index in [1.165, 1.54) is 7.11 Å². The van der Waals surface area contributed by atoms with Crippen LogP contribution in [0.25, 0.3) is 11.3 Å². The average molecular weight is 864 g/mol. The number of carbonyl (C=O) groups excluding carboxylic acids is 3. The van der Waals surface area contributed by atoms with Crippen LogP contribution in [0.4, 0.5) is 4.79 Å². The number of aryl methyl sites for hydroxylation is 1. The zero-order valence-corrected chi connectivity index (χ0v) is 37.9. The Morgan fingerprint density at radius 1 is 0.983 bits per heavy atom. The number of piperidine rings is 1. The van der Waals surface area contributed by atoms with Gasteiger partial charge in [0.15, 0.2) is 0 Å². The van der Waals surface area contributed by atoms with Crippen molar-refractivity contribution in [2.45, 2.75) is 83.5 Å². The number of carbonyl (C=O) groups is 3. The molecule has 1 fully saturated rings. The normalized spacial score (nSPS) is 16.6. The molecule has 1 N–H and O–H groups in total. The molecule has 1 aliphatic rings. The van der Waals surface area contributed by atoms with Gasteiger partial charge in [0.25, 0.3) is 0 Å². The number of nitrogens with one attached hydrogen (secondary N) is 1. The molecule has 0 saturated carbocycles. The number of benzene rings is 3. The van der Waals surface area contributed by atoms with Gasteiger partial charge in [-0.05, 0) is 127 Å². The Morgan fingerprint density at radius 3 is 2.32 bits per heavy atom. The molecule has 60 heavy (non-hydrogen) atoms. The first-order chi connectivity index (χ1) is 28.4. The van der Waals surface area contributed by atoms with Gasteiger partial charge in [-0.15, -0.1) is 0 Å². The molecule has 3 aromatic carbocycles. The van der Waals surface area contributed by atoms with E-state index in [-0.39, 0.29) is 25.0 Å². The summed E-state index contributed by atoms with van der Waals surface area (Å²) in [6.45, 7) is 8.81. The van der Waals surface area contributed by atoms with Crippen LogP contribution in [0.5, 0.6) is 11.5 Å². The van der Waals surface area contributed by atoms with Crippen LogP contribution >= 0.6 is 23.2 Å². The van der Waals surface area contributed by atoms with Crippen molar-refractivity contribution in [2.75, 3.05) is 47.9 Å². The zero-order valence-electron chi connectivity index (χ0n) is 36.4. The molecule has 0 radical (unpaired) electrons. The van der Waals surface area contributed by atoms with Crippen molar-refractivity contribution in [1.29, 1.82) is 0 Å². The molecule has 12 nitrogen and oxygen atoms in total. The van der Waals surface area contributed by atoms with Crippen LogP contribution in [-0.2, 0) is 45.5 Å². The van der Waals surface area contributed by atoms with E-state index >= 15 is 0 Å². The summed E-state index contributed by atoms with van der Waals surface area (Å²) in [6.07, 6.45) is 4.22. The highest BCUT2D eigenvalue weighted by Gasteiger charge is 2.45. The van der Waals surface area contributed by atoms with Gasteiger partial charge in [-0.25, -0.2) is 9.78 Å². The largest absolute Gasteiger partial charge is 0.457 e. The van der Waals surface area contributed by atoms with Crippen molar-refractivity contribution in [3.63, 3.8) is 0 Å².